The van der Waals surface area contributed by atoms with Crippen LogP contribution in [0.5, 0.6) is 0 Å². The van der Waals surface area contributed by atoms with Gasteiger partial charge in [-0.15, -0.1) is 0 Å². The highest BCUT2D eigenvalue weighted by atomic mass is 35.5. The molecule has 0 aliphatic carbocycles. The normalized spacial score (nSPS) is 12.0. The molecular formula is C30H35ClFN3O4S. The molecule has 0 heterocycles. The first-order chi connectivity index (χ1) is 19.1. The second kappa shape index (κ2) is 14.8. The summed E-state index contributed by atoms with van der Waals surface area (Å²) in [6.45, 7) is 2.61. The monoisotopic (exact) mass is 587 g/mol. The zero-order valence-corrected chi connectivity index (χ0v) is 24.3. The second-order valence-corrected chi connectivity index (χ2v) is 11.9. The van der Waals surface area contributed by atoms with Crippen LogP contribution in [-0.4, -0.2) is 50.5 Å². The fourth-order valence-corrected chi connectivity index (χ4v) is 5.54. The maximum absolute atomic E-state index is 13.8. The predicted octanol–water partition coefficient (Wildman–Crippen LogP) is 5.19. The lowest BCUT2D eigenvalue weighted by atomic mass is 10.0. The minimum absolute atomic E-state index is 0.000127. The molecule has 40 heavy (non-hydrogen) atoms. The maximum Gasteiger partial charge on any atom is 0.243 e. The Labute approximate surface area is 241 Å². The van der Waals surface area contributed by atoms with Crippen molar-refractivity contribution in [1.82, 2.24) is 10.2 Å². The van der Waals surface area contributed by atoms with Crippen molar-refractivity contribution in [2.45, 2.75) is 45.2 Å². The lowest BCUT2D eigenvalue weighted by Gasteiger charge is -2.32. The summed E-state index contributed by atoms with van der Waals surface area (Å²) in [6, 6.07) is 21.0. The van der Waals surface area contributed by atoms with Gasteiger partial charge in [-0.05, 0) is 60.4 Å². The quantitative estimate of drug-likeness (QED) is 0.281. The number of benzene rings is 3. The number of anilines is 1. The van der Waals surface area contributed by atoms with Crippen LogP contribution in [0.25, 0.3) is 0 Å². The first kappa shape index (κ1) is 31.1. The van der Waals surface area contributed by atoms with Crippen molar-refractivity contribution in [2.24, 2.45) is 0 Å². The number of amides is 2. The van der Waals surface area contributed by atoms with Gasteiger partial charge in [0.1, 0.15) is 11.9 Å². The Morgan fingerprint density at radius 1 is 0.975 bits per heavy atom. The van der Waals surface area contributed by atoms with E-state index in [1.807, 2.05) is 43.3 Å². The van der Waals surface area contributed by atoms with E-state index in [0.717, 1.165) is 28.1 Å². The summed E-state index contributed by atoms with van der Waals surface area (Å²) < 4.78 is 39.5. The van der Waals surface area contributed by atoms with Crippen LogP contribution in [-0.2, 0) is 32.6 Å². The van der Waals surface area contributed by atoms with Gasteiger partial charge in [0, 0.05) is 37.5 Å². The summed E-state index contributed by atoms with van der Waals surface area (Å²) in [6.07, 6.45) is 2.33. The van der Waals surface area contributed by atoms with Crippen LogP contribution in [0.2, 0.25) is 5.02 Å². The van der Waals surface area contributed by atoms with E-state index in [2.05, 4.69) is 5.32 Å². The highest BCUT2D eigenvalue weighted by molar-refractivity contribution is 7.92. The Morgan fingerprint density at radius 3 is 2.27 bits per heavy atom. The standard InChI is InChI=1S/C30H35ClFN3O4S/c1-3-18-33-30(37)28(21-23-9-5-4-6-10-23)34(22-24-11-7-12-25(31)20-24)29(36)13-8-19-35(40(2,38)39)27-16-14-26(32)15-17-27/h4-7,9-12,14-17,20,28H,3,8,13,18-19,21-22H2,1-2H3,(H,33,37)/t28-/m1/s1. The fourth-order valence-electron chi connectivity index (χ4n) is 4.36. The summed E-state index contributed by atoms with van der Waals surface area (Å²) in [4.78, 5) is 28.7. The molecule has 3 aromatic rings. The fraction of sp³-hybridized carbons (Fsp3) is 0.333. The summed E-state index contributed by atoms with van der Waals surface area (Å²) in [7, 11) is -3.68. The third-order valence-electron chi connectivity index (χ3n) is 6.33. The molecule has 0 spiro atoms. The Bertz CT molecular complexity index is 1370. The Morgan fingerprint density at radius 2 is 1.65 bits per heavy atom. The number of hydrogen-bond donors (Lipinski definition) is 1. The maximum atomic E-state index is 13.8. The van der Waals surface area contributed by atoms with Crippen molar-refractivity contribution < 1.29 is 22.4 Å². The Balaban J connectivity index is 1.86. The van der Waals surface area contributed by atoms with Crippen LogP contribution < -0.4 is 9.62 Å². The van der Waals surface area contributed by atoms with Gasteiger partial charge >= 0.3 is 0 Å². The molecule has 0 saturated heterocycles. The minimum atomic E-state index is -3.68. The van der Waals surface area contributed by atoms with E-state index in [4.69, 9.17) is 11.6 Å². The van der Waals surface area contributed by atoms with Gasteiger partial charge in [-0.1, -0.05) is 61.0 Å². The SMILES string of the molecule is CCCNC(=O)[C@@H](Cc1ccccc1)N(Cc1cccc(Cl)c1)C(=O)CCCN(c1ccc(F)cc1)S(C)(=O)=O. The van der Waals surface area contributed by atoms with Gasteiger partial charge in [-0.2, -0.15) is 0 Å². The predicted molar refractivity (Wildman–Crippen MR) is 157 cm³/mol. The topological polar surface area (TPSA) is 86.8 Å². The highest BCUT2D eigenvalue weighted by Crippen LogP contribution is 2.21. The second-order valence-electron chi connectivity index (χ2n) is 9.56. The highest BCUT2D eigenvalue weighted by Gasteiger charge is 2.30. The number of halogens is 2. The number of rotatable bonds is 14. The zero-order valence-electron chi connectivity index (χ0n) is 22.7. The van der Waals surface area contributed by atoms with E-state index in [0.29, 0.717) is 23.7 Å². The van der Waals surface area contributed by atoms with Crippen LogP contribution in [0.1, 0.15) is 37.3 Å². The molecule has 3 aromatic carbocycles. The Kier molecular flexibility index (Phi) is 11.5. The molecular weight excluding hydrogens is 553 g/mol. The van der Waals surface area contributed by atoms with E-state index >= 15 is 0 Å². The molecule has 0 radical (unpaired) electrons. The van der Waals surface area contributed by atoms with E-state index in [1.54, 1.807) is 23.1 Å². The molecule has 2 amide bonds. The van der Waals surface area contributed by atoms with Crippen molar-refractivity contribution in [2.75, 3.05) is 23.7 Å². The van der Waals surface area contributed by atoms with Crippen molar-refractivity contribution in [3.05, 3.63) is 101 Å². The number of sulfonamides is 1. The van der Waals surface area contributed by atoms with Crippen LogP contribution in [0, 0.1) is 5.82 Å². The van der Waals surface area contributed by atoms with Crippen LogP contribution in [0.4, 0.5) is 10.1 Å². The first-order valence-corrected chi connectivity index (χ1v) is 15.4. The number of nitrogens with zero attached hydrogens (tertiary/aromatic N) is 2. The molecule has 0 aliphatic heterocycles. The number of nitrogens with one attached hydrogen (secondary N) is 1. The van der Waals surface area contributed by atoms with Gasteiger partial charge in [0.2, 0.25) is 21.8 Å². The van der Waals surface area contributed by atoms with Crippen molar-refractivity contribution in [1.29, 1.82) is 0 Å². The average Bonchev–Trinajstić information content (AvgIpc) is 2.92. The minimum Gasteiger partial charge on any atom is -0.354 e. The average molecular weight is 588 g/mol. The van der Waals surface area contributed by atoms with Gasteiger partial charge in [-0.3, -0.25) is 13.9 Å². The number of carbonyl (C=O) groups is 2. The molecule has 7 nitrogen and oxygen atoms in total. The molecule has 10 heteroatoms. The third kappa shape index (κ3) is 9.34. The molecule has 214 valence electrons. The molecule has 1 N–H and O–H groups in total. The van der Waals surface area contributed by atoms with E-state index in [9.17, 15) is 22.4 Å². The molecule has 0 fully saturated rings. The summed E-state index contributed by atoms with van der Waals surface area (Å²) in [5.41, 5.74) is 1.99. The summed E-state index contributed by atoms with van der Waals surface area (Å²) in [5, 5.41) is 3.45. The van der Waals surface area contributed by atoms with Gasteiger partial charge in [0.25, 0.3) is 0 Å². The van der Waals surface area contributed by atoms with Gasteiger partial charge in [0.05, 0.1) is 11.9 Å². The van der Waals surface area contributed by atoms with Gasteiger partial charge in [-0.25, -0.2) is 12.8 Å². The molecule has 0 bridgehead atoms. The Hall–Kier alpha value is -3.43. The van der Waals surface area contributed by atoms with E-state index < -0.39 is 21.9 Å². The van der Waals surface area contributed by atoms with Crippen LogP contribution in [0.3, 0.4) is 0 Å². The molecule has 0 aromatic heterocycles. The number of carbonyl (C=O) groups excluding carboxylic acids is 2. The molecule has 3 rings (SSSR count). The third-order valence-corrected chi connectivity index (χ3v) is 7.76. The lowest BCUT2D eigenvalue weighted by molar-refractivity contribution is -0.141. The van der Waals surface area contributed by atoms with Crippen molar-refractivity contribution in [3.63, 3.8) is 0 Å². The zero-order chi connectivity index (χ0) is 29.1. The summed E-state index contributed by atoms with van der Waals surface area (Å²) in [5.74, 6) is -1.03. The van der Waals surface area contributed by atoms with Crippen LogP contribution >= 0.6 is 11.6 Å². The first-order valence-electron chi connectivity index (χ1n) is 13.2. The molecule has 0 saturated carbocycles. The van der Waals surface area contributed by atoms with E-state index in [1.165, 1.54) is 24.3 Å². The van der Waals surface area contributed by atoms with Crippen molar-refractivity contribution >= 4 is 39.1 Å². The van der Waals surface area contributed by atoms with Crippen molar-refractivity contribution in [3.8, 4) is 0 Å². The molecule has 1 atom stereocenters. The summed E-state index contributed by atoms with van der Waals surface area (Å²) >= 11 is 6.21. The van der Waals surface area contributed by atoms with Crippen LogP contribution in [0.15, 0.2) is 78.9 Å². The molecule has 0 unspecified atom stereocenters. The van der Waals surface area contributed by atoms with Gasteiger partial charge < -0.3 is 10.2 Å². The van der Waals surface area contributed by atoms with E-state index in [-0.39, 0.29) is 37.7 Å². The lowest BCUT2D eigenvalue weighted by Crippen LogP contribution is -2.50. The largest absolute Gasteiger partial charge is 0.354 e. The smallest absolute Gasteiger partial charge is 0.243 e. The number of hydrogen-bond acceptors (Lipinski definition) is 4. The van der Waals surface area contributed by atoms with Gasteiger partial charge in [0.15, 0.2) is 0 Å². The molecule has 0 aliphatic rings.